The molecule has 31 heavy (non-hydrogen) atoms. The fraction of sp³-hybridized carbons (Fsp3) is 0.375. The smallest absolute Gasteiger partial charge is 0.226 e. The lowest BCUT2D eigenvalue weighted by molar-refractivity contribution is -0.132. The number of benzene rings is 2. The number of piperidine rings is 1. The number of hydrogen-bond donors (Lipinski definition) is 1. The number of halogens is 1. The molecule has 2 amide bonds. The Morgan fingerprint density at radius 1 is 1.13 bits per heavy atom. The molecule has 162 valence electrons. The number of likely N-dealkylation sites (tertiary alicyclic amines) is 1. The second-order valence-corrected chi connectivity index (χ2v) is 8.08. The van der Waals surface area contributed by atoms with Crippen molar-refractivity contribution in [1.29, 1.82) is 0 Å². The number of fused-ring (bicyclic) bond motifs is 1. The fourth-order valence-corrected chi connectivity index (χ4v) is 4.11. The molecule has 0 unspecified atom stereocenters. The van der Waals surface area contributed by atoms with Gasteiger partial charge in [-0.3, -0.25) is 9.59 Å². The van der Waals surface area contributed by atoms with Crippen LogP contribution in [-0.4, -0.2) is 46.8 Å². The van der Waals surface area contributed by atoms with Gasteiger partial charge in [-0.2, -0.15) is 0 Å². The van der Waals surface area contributed by atoms with Crippen molar-refractivity contribution in [3.05, 3.63) is 60.2 Å². The van der Waals surface area contributed by atoms with Crippen LogP contribution in [0.3, 0.4) is 0 Å². The zero-order valence-corrected chi connectivity index (χ0v) is 17.7. The third-order valence-corrected chi connectivity index (χ3v) is 6.00. The minimum Gasteiger partial charge on any atom is -0.343 e. The van der Waals surface area contributed by atoms with Crippen LogP contribution >= 0.6 is 0 Å². The number of carbonyl (C=O) groups excluding carboxylic acids is 2. The molecule has 7 heteroatoms. The van der Waals surface area contributed by atoms with E-state index in [0.717, 1.165) is 29.9 Å². The summed E-state index contributed by atoms with van der Waals surface area (Å²) >= 11 is 0. The molecule has 0 bridgehead atoms. The molecule has 1 aromatic heterocycles. The third kappa shape index (κ3) is 4.93. The van der Waals surface area contributed by atoms with Gasteiger partial charge in [0.2, 0.25) is 11.8 Å². The molecule has 0 aliphatic carbocycles. The first kappa shape index (κ1) is 21.0. The van der Waals surface area contributed by atoms with E-state index in [1.807, 2.05) is 35.2 Å². The lowest BCUT2D eigenvalue weighted by atomic mass is 9.96. The first-order valence-corrected chi connectivity index (χ1v) is 10.8. The number of H-pyrrole nitrogens is 1. The first-order chi connectivity index (χ1) is 15.0. The van der Waals surface area contributed by atoms with Crippen LogP contribution in [0.5, 0.6) is 0 Å². The van der Waals surface area contributed by atoms with Gasteiger partial charge in [0, 0.05) is 44.6 Å². The van der Waals surface area contributed by atoms with E-state index in [-0.39, 0.29) is 23.5 Å². The third-order valence-electron chi connectivity index (χ3n) is 6.00. The van der Waals surface area contributed by atoms with Gasteiger partial charge in [-0.25, -0.2) is 9.37 Å². The van der Waals surface area contributed by atoms with Crippen LogP contribution in [0, 0.1) is 5.82 Å². The lowest BCUT2D eigenvalue weighted by Gasteiger charge is -2.31. The molecule has 1 N–H and O–H groups in total. The van der Waals surface area contributed by atoms with Crippen molar-refractivity contribution >= 4 is 28.5 Å². The Labute approximate surface area is 181 Å². The van der Waals surface area contributed by atoms with Crippen molar-refractivity contribution in [3.63, 3.8) is 0 Å². The van der Waals surface area contributed by atoms with Crippen LogP contribution in [0.2, 0.25) is 0 Å². The predicted molar refractivity (Wildman–Crippen MR) is 118 cm³/mol. The van der Waals surface area contributed by atoms with Gasteiger partial charge in [-0.1, -0.05) is 18.2 Å². The maximum atomic E-state index is 13.4. The molecule has 0 spiro atoms. The minimum atomic E-state index is -0.281. The molecule has 2 aromatic carbocycles. The van der Waals surface area contributed by atoms with E-state index in [1.54, 1.807) is 18.0 Å². The highest BCUT2D eigenvalue weighted by molar-refractivity contribution is 5.93. The second kappa shape index (κ2) is 9.29. The molecule has 1 aliphatic heterocycles. The quantitative estimate of drug-likeness (QED) is 0.646. The summed E-state index contributed by atoms with van der Waals surface area (Å²) < 4.78 is 13.4. The highest BCUT2D eigenvalue weighted by Crippen LogP contribution is 2.28. The van der Waals surface area contributed by atoms with Gasteiger partial charge >= 0.3 is 0 Å². The van der Waals surface area contributed by atoms with Crippen LogP contribution in [0.25, 0.3) is 11.0 Å². The average Bonchev–Trinajstić information content (AvgIpc) is 3.22. The molecule has 3 aromatic rings. The molecule has 0 radical (unpaired) electrons. The van der Waals surface area contributed by atoms with E-state index in [0.29, 0.717) is 37.9 Å². The number of imidazole rings is 1. The van der Waals surface area contributed by atoms with Crippen LogP contribution in [0.1, 0.15) is 43.8 Å². The number of amides is 2. The topological polar surface area (TPSA) is 69.3 Å². The van der Waals surface area contributed by atoms with Gasteiger partial charge in [0.1, 0.15) is 11.6 Å². The van der Waals surface area contributed by atoms with Gasteiger partial charge in [0.05, 0.1) is 11.0 Å². The molecular formula is C24H27FN4O2. The summed E-state index contributed by atoms with van der Waals surface area (Å²) in [5, 5.41) is 0. The number of hydrogen-bond acceptors (Lipinski definition) is 3. The summed E-state index contributed by atoms with van der Waals surface area (Å²) in [6.45, 7) is 1.35. The molecule has 1 fully saturated rings. The Bertz CT molecular complexity index is 1060. The fourth-order valence-electron chi connectivity index (χ4n) is 4.11. The second-order valence-electron chi connectivity index (χ2n) is 8.08. The Kier molecular flexibility index (Phi) is 6.30. The van der Waals surface area contributed by atoms with Gasteiger partial charge in [0.15, 0.2) is 0 Å². The van der Waals surface area contributed by atoms with E-state index in [1.165, 1.54) is 12.1 Å². The van der Waals surface area contributed by atoms with Crippen molar-refractivity contribution in [3.8, 4) is 0 Å². The number of para-hydroxylation sites is 1. The van der Waals surface area contributed by atoms with Crippen molar-refractivity contribution < 1.29 is 14.0 Å². The van der Waals surface area contributed by atoms with Crippen molar-refractivity contribution in [2.45, 2.75) is 38.0 Å². The summed E-state index contributed by atoms with van der Waals surface area (Å²) in [7, 11) is 1.76. The zero-order valence-electron chi connectivity index (χ0n) is 17.7. The van der Waals surface area contributed by atoms with E-state index in [9.17, 15) is 14.0 Å². The van der Waals surface area contributed by atoms with Gasteiger partial charge < -0.3 is 14.8 Å². The van der Waals surface area contributed by atoms with Crippen molar-refractivity contribution in [2.75, 3.05) is 25.0 Å². The molecule has 2 heterocycles. The molecule has 0 atom stereocenters. The summed E-state index contributed by atoms with van der Waals surface area (Å²) in [4.78, 5) is 36.3. The normalized spacial score (nSPS) is 14.7. The lowest BCUT2D eigenvalue weighted by Crippen LogP contribution is -2.38. The highest BCUT2D eigenvalue weighted by atomic mass is 19.1. The summed E-state index contributed by atoms with van der Waals surface area (Å²) in [6, 6.07) is 14.1. The Morgan fingerprint density at radius 3 is 2.61 bits per heavy atom. The Morgan fingerprint density at radius 2 is 1.87 bits per heavy atom. The van der Waals surface area contributed by atoms with Crippen LogP contribution in [0.4, 0.5) is 10.1 Å². The summed E-state index contributed by atoms with van der Waals surface area (Å²) in [5.74, 6) is 0.929. The van der Waals surface area contributed by atoms with Gasteiger partial charge in [0.25, 0.3) is 0 Å². The Balaban J connectivity index is 1.23. The van der Waals surface area contributed by atoms with Gasteiger partial charge in [-0.15, -0.1) is 0 Å². The molecule has 6 nitrogen and oxygen atoms in total. The largest absolute Gasteiger partial charge is 0.343 e. The maximum Gasteiger partial charge on any atom is 0.226 e. The molecule has 1 saturated heterocycles. The number of nitrogens with one attached hydrogen (secondary N) is 1. The van der Waals surface area contributed by atoms with Crippen LogP contribution in [0.15, 0.2) is 48.5 Å². The summed E-state index contributed by atoms with van der Waals surface area (Å²) in [5.41, 5.74) is 2.33. The SMILES string of the molecule is CN(C(=O)CCCC(=O)N1CCC(c2nc3ccc(F)cc3[nH]2)CC1)c1ccccc1. The molecule has 1 aliphatic rings. The molecule has 0 saturated carbocycles. The minimum absolute atomic E-state index is 0.0130. The van der Waals surface area contributed by atoms with E-state index >= 15 is 0 Å². The van der Waals surface area contributed by atoms with Crippen molar-refractivity contribution in [2.24, 2.45) is 0 Å². The standard InChI is InChI=1S/C24H27FN4O2/c1-28(19-6-3-2-4-7-19)22(30)8-5-9-23(31)29-14-12-17(13-15-29)24-26-20-11-10-18(25)16-21(20)27-24/h2-4,6-7,10-11,16-17H,5,8-9,12-15H2,1H3,(H,26,27). The summed E-state index contributed by atoms with van der Waals surface area (Å²) in [6.07, 6.45) is 2.92. The number of anilines is 1. The first-order valence-electron chi connectivity index (χ1n) is 10.8. The Hall–Kier alpha value is -3.22. The van der Waals surface area contributed by atoms with Crippen molar-refractivity contribution in [1.82, 2.24) is 14.9 Å². The average molecular weight is 423 g/mol. The molecule has 4 rings (SSSR count). The number of aromatic nitrogens is 2. The highest BCUT2D eigenvalue weighted by Gasteiger charge is 2.25. The number of aromatic amines is 1. The molecular weight excluding hydrogens is 395 g/mol. The number of carbonyl (C=O) groups is 2. The van der Waals surface area contributed by atoms with E-state index in [4.69, 9.17) is 0 Å². The monoisotopic (exact) mass is 422 g/mol. The number of rotatable bonds is 6. The van der Waals surface area contributed by atoms with E-state index < -0.39 is 0 Å². The van der Waals surface area contributed by atoms with Crippen LogP contribution < -0.4 is 4.90 Å². The zero-order chi connectivity index (χ0) is 21.8. The van der Waals surface area contributed by atoms with Gasteiger partial charge in [-0.05, 0) is 49.6 Å². The predicted octanol–water partition coefficient (Wildman–Crippen LogP) is 4.24. The number of nitrogens with zero attached hydrogens (tertiary/aromatic N) is 3. The van der Waals surface area contributed by atoms with Crippen LogP contribution in [-0.2, 0) is 9.59 Å². The maximum absolute atomic E-state index is 13.4. The van der Waals surface area contributed by atoms with E-state index in [2.05, 4.69) is 9.97 Å².